The Hall–Kier alpha value is -1.91. The molecular formula is C16H21N3O3S. The number of nitrogens with zero attached hydrogens (tertiary/aromatic N) is 2. The van der Waals surface area contributed by atoms with Gasteiger partial charge in [-0.3, -0.25) is 4.79 Å². The van der Waals surface area contributed by atoms with Crippen molar-refractivity contribution in [1.29, 1.82) is 5.26 Å². The molecule has 7 heteroatoms. The molecule has 1 fully saturated rings. The van der Waals surface area contributed by atoms with Crippen molar-refractivity contribution in [1.82, 2.24) is 4.90 Å². The number of rotatable bonds is 5. The number of amides is 1. The molecule has 1 aromatic heterocycles. The van der Waals surface area contributed by atoms with E-state index in [0.29, 0.717) is 30.1 Å². The Balaban J connectivity index is 2.02. The van der Waals surface area contributed by atoms with Gasteiger partial charge in [-0.1, -0.05) is 0 Å². The Morgan fingerprint density at radius 1 is 1.57 bits per heavy atom. The van der Waals surface area contributed by atoms with E-state index in [2.05, 4.69) is 16.3 Å². The number of piperidine rings is 1. The summed E-state index contributed by atoms with van der Waals surface area (Å²) in [5.74, 6) is -0.627. The van der Waals surface area contributed by atoms with Crippen LogP contribution in [0.5, 0.6) is 0 Å². The first-order chi connectivity index (χ1) is 11.0. The van der Waals surface area contributed by atoms with Crippen molar-refractivity contribution in [3.05, 3.63) is 16.5 Å². The molecule has 1 saturated heterocycles. The Bertz CT molecular complexity index is 621. The molecule has 1 amide bonds. The molecule has 0 aromatic carbocycles. The van der Waals surface area contributed by atoms with Gasteiger partial charge in [-0.05, 0) is 32.4 Å². The summed E-state index contributed by atoms with van der Waals surface area (Å²) in [6, 6.07) is 3.86. The lowest BCUT2D eigenvalue weighted by Gasteiger charge is -2.31. The van der Waals surface area contributed by atoms with Crippen LogP contribution in [-0.4, -0.2) is 43.5 Å². The van der Waals surface area contributed by atoms with Crippen molar-refractivity contribution in [3.63, 3.8) is 0 Å². The van der Waals surface area contributed by atoms with Crippen LogP contribution in [0.15, 0.2) is 6.07 Å². The van der Waals surface area contributed by atoms with E-state index in [-0.39, 0.29) is 11.8 Å². The number of anilines is 1. The van der Waals surface area contributed by atoms with E-state index in [9.17, 15) is 9.59 Å². The van der Waals surface area contributed by atoms with Crippen LogP contribution < -0.4 is 5.32 Å². The van der Waals surface area contributed by atoms with Crippen LogP contribution in [0.4, 0.5) is 5.00 Å². The average Bonchev–Trinajstić information content (AvgIpc) is 2.92. The minimum atomic E-state index is -0.441. The lowest BCUT2D eigenvalue weighted by atomic mass is 9.97. The Labute approximate surface area is 140 Å². The smallest absolute Gasteiger partial charge is 0.340 e. The number of carbonyl (C=O) groups is 2. The third-order valence-electron chi connectivity index (χ3n) is 3.91. The molecule has 0 saturated carbocycles. The summed E-state index contributed by atoms with van der Waals surface area (Å²) in [4.78, 5) is 27.4. The number of likely N-dealkylation sites (tertiary alicyclic amines) is 1. The van der Waals surface area contributed by atoms with Crippen molar-refractivity contribution >= 4 is 28.2 Å². The average molecular weight is 335 g/mol. The van der Waals surface area contributed by atoms with E-state index in [1.165, 1.54) is 18.4 Å². The van der Waals surface area contributed by atoms with Crippen molar-refractivity contribution in [2.24, 2.45) is 5.92 Å². The maximum absolute atomic E-state index is 12.5. The lowest BCUT2D eigenvalue weighted by molar-refractivity contribution is -0.121. The summed E-state index contributed by atoms with van der Waals surface area (Å²) in [7, 11) is 1.33. The van der Waals surface area contributed by atoms with Gasteiger partial charge >= 0.3 is 5.97 Å². The van der Waals surface area contributed by atoms with Crippen molar-refractivity contribution in [2.75, 3.05) is 32.1 Å². The van der Waals surface area contributed by atoms with Crippen molar-refractivity contribution < 1.29 is 14.3 Å². The van der Waals surface area contributed by atoms with Gasteiger partial charge in [0.25, 0.3) is 0 Å². The number of carbonyl (C=O) groups excluding carboxylic acids is 2. The van der Waals surface area contributed by atoms with Gasteiger partial charge in [0.1, 0.15) is 5.00 Å². The fraction of sp³-hybridized carbons (Fsp3) is 0.562. The second-order valence-corrected chi connectivity index (χ2v) is 6.88. The fourth-order valence-corrected chi connectivity index (χ4v) is 3.67. The molecule has 1 aliphatic rings. The molecule has 1 atom stereocenters. The zero-order valence-electron chi connectivity index (χ0n) is 13.4. The van der Waals surface area contributed by atoms with Crippen molar-refractivity contribution in [2.45, 2.75) is 26.2 Å². The zero-order chi connectivity index (χ0) is 16.8. The number of aryl methyl sites for hydroxylation is 1. The van der Waals surface area contributed by atoms with Gasteiger partial charge in [0.2, 0.25) is 5.91 Å². The lowest BCUT2D eigenvalue weighted by Crippen LogP contribution is -2.41. The van der Waals surface area contributed by atoms with E-state index in [1.807, 2.05) is 6.92 Å². The van der Waals surface area contributed by atoms with E-state index in [1.54, 1.807) is 6.07 Å². The third kappa shape index (κ3) is 4.53. The number of nitrogens with one attached hydrogen (secondary N) is 1. The maximum Gasteiger partial charge on any atom is 0.340 e. The minimum Gasteiger partial charge on any atom is -0.465 e. The molecule has 1 unspecified atom stereocenters. The first-order valence-electron chi connectivity index (χ1n) is 7.64. The molecule has 0 aliphatic carbocycles. The third-order valence-corrected chi connectivity index (χ3v) is 4.88. The quantitative estimate of drug-likeness (QED) is 0.836. The predicted molar refractivity (Wildman–Crippen MR) is 88.4 cm³/mol. The molecule has 0 radical (unpaired) electrons. The van der Waals surface area contributed by atoms with Gasteiger partial charge in [-0.15, -0.1) is 11.3 Å². The highest BCUT2D eigenvalue weighted by atomic mass is 32.1. The molecule has 1 N–H and O–H groups in total. The summed E-state index contributed by atoms with van der Waals surface area (Å²) >= 11 is 1.38. The van der Waals surface area contributed by atoms with Gasteiger partial charge in [0.15, 0.2) is 0 Å². The SMILES string of the molecule is COC(=O)c1cc(C)sc1NC(=O)C1CCCN(CCC#N)C1. The number of esters is 1. The number of nitriles is 1. The van der Waals surface area contributed by atoms with E-state index < -0.39 is 5.97 Å². The van der Waals surface area contributed by atoms with Crippen molar-refractivity contribution in [3.8, 4) is 6.07 Å². The normalized spacial score (nSPS) is 18.2. The summed E-state index contributed by atoms with van der Waals surface area (Å²) in [6.45, 7) is 4.17. The number of hydrogen-bond donors (Lipinski definition) is 1. The Morgan fingerprint density at radius 3 is 3.04 bits per heavy atom. The molecule has 1 aliphatic heterocycles. The van der Waals surface area contributed by atoms with Crippen LogP contribution in [0.1, 0.15) is 34.5 Å². The highest BCUT2D eigenvalue weighted by Crippen LogP contribution is 2.29. The molecular weight excluding hydrogens is 314 g/mol. The van der Waals surface area contributed by atoms with Gasteiger partial charge in [-0.2, -0.15) is 5.26 Å². The predicted octanol–water partition coefficient (Wildman–Crippen LogP) is 2.41. The highest BCUT2D eigenvalue weighted by Gasteiger charge is 2.27. The van der Waals surface area contributed by atoms with Crippen LogP contribution in [-0.2, 0) is 9.53 Å². The highest BCUT2D eigenvalue weighted by molar-refractivity contribution is 7.16. The topological polar surface area (TPSA) is 82.4 Å². The first-order valence-corrected chi connectivity index (χ1v) is 8.45. The standard InChI is InChI=1S/C16H21N3O3S/c1-11-9-13(16(21)22-2)15(23-11)18-14(20)12-5-3-7-19(10-12)8-4-6-17/h9,12H,3-5,7-8,10H2,1-2H3,(H,18,20). The second kappa shape index (κ2) is 8.09. The van der Waals surface area contributed by atoms with Crippen LogP contribution >= 0.6 is 11.3 Å². The molecule has 0 spiro atoms. The second-order valence-electron chi connectivity index (χ2n) is 5.63. The van der Waals surface area contributed by atoms with Gasteiger partial charge in [-0.25, -0.2) is 4.79 Å². The zero-order valence-corrected chi connectivity index (χ0v) is 14.2. The molecule has 23 heavy (non-hydrogen) atoms. The van der Waals surface area contributed by atoms with Gasteiger partial charge in [0, 0.05) is 24.4 Å². The van der Waals surface area contributed by atoms with Crippen LogP contribution in [0.2, 0.25) is 0 Å². The Morgan fingerprint density at radius 2 is 2.35 bits per heavy atom. The van der Waals surface area contributed by atoms with E-state index >= 15 is 0 Å². The number of hydrogen-bond acceptors (Lipinski definition) is 6. The number of methoxy groups -OCH3 is 1. The molecule has 0 bridgehead atoms. The van der Waals surface area contributed by atoms with Gasteiger partial charge in [0.05, 0.1) is 24.7 Å². The maximum atomic E-state index is 12.5. The monoisotopic (exact) mass is 335 g/mol. The largest absolute Gasteiger partial charge is 0.465 e. The summed E-state index contributed by atoms with van der Waals surface area (Å²) in [5, 5.41) is 12.1. The van der Waals surface area contributed by atoms with E-state index in [4.69, 9.17) is 10.00 Å². The Kier molecular flexibility index (Phi) is 6.13. The van der Waals surface area contributed by atoms with E-state index in [0.717, 1.165) is 24.3 Å². The molecule has 6 nitrogen and oxygen atoms in total. The van der Waals surface area contributed by atoms with Crippen LogP contribution in [0.25, 0.3) is 0 Å². The van der Waals surface area contributed by atoms with Crippen LogP contribution in [0, 0.1) is 24.2 Å². The fourth-order valence-electron chi connectivity index (χ4n) is 2.76. The van der Waals surface area contributed by atoms with Crippen LogP contribution in [0.3, 0.4) is 0 Å². The molecule has 2 rings (SSSR count). The summed E-state index contributed by atoms with van der Waals surface area (Å²) in [5.41, 5.74) is 0.403. The number of ether oxygens (including phenoxy) is 1. The first kappa shape index (κ1) is 17.4. The molecule has 2 heterocycles. The number of thiophene rings is 1. The molecule has 1 aromatic rings. The van der Waals surface area contributed by atoms with Gasteiger partial charge < -0.3 is 15.0 Å². The summed E-state index contributed by atoms with van der Waals surface area (Å²) in [6.07, 6.45) is 2.24. The minimum absolute atomic E-state index is 0.0707. The molecule has 124 valence electrons. The summed E-state index contributed by atoms with van der Waals surface area (Å²) < 4.78 is 4.76.